The third-order valence-corrected chi connectivity index (χ3v) is 15.5. The Morgan fingerprint density at radius 1 is 0.462 bits per heavy atom. The van der Waals surface area contributed by atoms with Crippen LogP contribution in [0.15, 0.2) is 147 Å². The molecule has 0 atom stereocenters. The van der Waals surface area contributed by atoms with Crippen molar-refractivity contribution in [2.45, 2.75) is 31.4 Å². The maximum absolute atomic E-state index is 4.10. The van der Waals surface area contributed by atoms with E-state index in [1.807, 2.05) is 12.2 Å². The van der Waals surface area contributed by atoms with Crippen LogP contribution in [0.5, 0.6) is 0 Å². The fourth-order valence-electron chi connectivity index (χ4n) is 5.21. The average Bonchev–Trinajstić information content (AvgIpc) is 3.01. The van der Waals surface area contributed by atoms with Crippen molar-refractivity contribution in [3.63, 3.8) is 0 Å². The van der Waals surface area contributed by atoms with Crippen LogP contribution in [-0.2, 0) is 0 Å². The monoisotopic (exact) mass is 536 g/mol. The van der Waals surface area contributed by atoms with E-state index in [4.69, 9.17) is 0 Å². The molecule has 39 heavy (non-hydrogen) atoms. The largest absolute Gasteiger partial charge is 0.202 e. The molecule has 0 bridgehead atoms. The molecular weight excluding hydrogens is 501 g/mol. The van der Waals surface area contributed by atoms with Crippen LogP contribution < -0.4 is 20.7 Å². The first kappa shape index (κ1) is 27.9. The summed E-state index contributed by atoms with van der Waals surface area (Å²) in [5, 5.41) is 5.37. The van der Waals surface area contributed by atoms with Gasteiger partial charge in [-0.25, -0.2) is 0 Å². The van der Waals surface area contributed by atoms with Gasteiger partial charge in [-0.3, -0.25) is 0 Å². The predicted molar refractivity (Wildman–Crippen MR) is 175 cm³/mol. The van der Waals surface area contributed by atoms with Gasteiger partial charge >= 0.3 is 0 Å². The van der Waals surface area contributed by atoms with Crippen molar-refractivity contribution in [2.24, 2.45) is 0 Å². The van der Waals surface area contributed by atoms with Crippen LogP contribution in [0.2, 0.25) is 12.1 Å². The zero-order valence-electron chi connectivity index (χ0n) is 22.7. The van der Waals surface area contributed by atoms with Crippen LogP contribution in [-0.4, -0.2) is 16.1 Å². The zero-order valence-corrected chi connectivity index (χ0v) is 24.7. The van der Waals surface area contributed by atoms with E-state index in [1.54, 1.807) is 0 Å². The summed E-state index contributed by atoms with van der Waals surface area (Å²) in [5.41, 5.74) is 7.62. The van der Waals surface area contributed by atoms with Crippen molar-refractivity contribution in [3.05, 3.63) is 147 Å². The summed E-state index contributed by atoms with van der Waals surface area (Å²) < 4.78 is 0. The fourth-order valence-corrected chi connectivity index (χ4v) is 12.4. The number of rotatable bonds is 10. The van der Waals surface area contributed by atoms with Gasteiger partial charge in [-0.15, -0.1) is 36.1 Å². The molecule has 0 radical (unpaired) electrons. The van der Waals surface area contributed by atoms with Gasteiger partial charge < -0.3 is 0 Å². The molecular formula is C37H36Si2. The Balaban J connectivity index is 1.57. The highest BCUT2D eigenvalue weighted by Gasteiger charge is 2.35. The highest BCUT2D eigenvalue weighted by molar-refractivity contribution is 7.08. The minimum atomic E-state index is -2.26. The predicted octanol–water partition coefficient (Wildman–Crippen LogP) is 6.14. The first-order valence-electron chi connectivity index (χ1n) is 13.7. The molecule has 4 aromatic carbocycles. The van der Waals surface area contributed by atoms with Gasteiger partial charge in [-0.1, -0.05) is 133 Å². The van der Waals surface area contributed by atoms with Crippen molar-refractivity contribution < 1.29 is 0 Å². The topological polar surface area (TPSA) is 0 Å². The van der Waals surface area contributed by atoms with Crippen LogP contribution >= 0.6 is 0 Å². The normalized spacial score (nSPS) is 10.9. The number of hydrogen-bond acceptors (Lipinski definition) is 0. The minimum absolute atomic E-state index is 0.840. The summed E-state index contributed by atoms with van der Waals surface area (Å²) in [5.74, 6) is 7.17. The first-order valence-corrected chi connectivity index (χ1v) is 18.1. The highest BCUT2D eigenvalue weighted by Crippen LogP contribution is 2.14. The molecule has 0 saturated carbocycles. The third-order valence-electron chi connectivity index (χ3n) is 7.17. The van der Waals surface area contributed by atoms with Crippen LogP contribution in [0.3, 0.4) is 0 Å². The molecule has 2 heteroatoms. The van der Waals surface area contributed by atoms with Gasteiger partial charge in [0.05, 0.1) is 0 Å². The second-order valence-electron chi connectivity index (χ2n) is 9.72. The number of benzene rings is 4. The molecule has 0 heterocycles. The van der Waals surface area contributed by atoms with E-state index >= 15 is 0 Å². The number of unbranched alkanes of at least 4 members (excludes halogenated alkanes) is 2. The Kier molecular flexibility index (Phi) is 10.2. The molecule has 0 amide bonds. The van der Waals surface area contributed by atoms with Crippen molar-refractivity contribution >= 4 is 36.9 Å². The van der Waals surface area contributed by atoms with Gasteiger partial charge in [-0.05, 0) is 39.3 Å². The average molecular weight is 537 g/mol. The summed E-state index contributed by atoms with van der Waals surface area (Å²) >= 11 is 0. The minimum Gasteiger partial charge on any atom is -0.120 e. The Bertz CT molecular complexity index is 1260. The first-order chi connectivity index (χ1) is 19.2. The van der Waals surface area contributed by atoms with E-state index in [-0.39, 0.29) is 0 Å². The lowest BCUT2D eigenvalue weighted by Crippen LogP contribution is -2.57. The highest BCUT2D eigenvalue weighted by atomic mass is 28.3. The maximum Gasteiger partial charge on any atom is 0.202 e. The molecule has 0 aliphatic rings. The van der Waals surface area contributed by atoms with E-state index < -0.39 is 16.1 Å². The molecule has 0 fully saturated rings. The summed E-state index contributed by atoms with van der Waals surface area (Å²) in [6.07, 6.45) is 6.73. The van der Waals surface area contributed by atoms with E-state index in [0.717, 1.165) is 31.4 Å². The van der Waals surface area contributed by atoms with E-state index in [9.17, 15) is 0 Å². The van der Waals surface area contributed by atoms with Gasteiger partial charge in [0.25, 0.3) is 0 Å². The van der Waals surface area contributed by atoms with E-state index in [1.165, 1.54) is 20.7 Å². The molecule has 0 nitrogen and oxygen atoms in total. The van der Waals surface area contributed by atoms with Crippen LogP contribution in [0.1, 0.15) is 19.3 Å². The van der Waals surface area contributed by atoms with Crippen LogP contribution in [0.25, 0.3) is 0 Å². The van der Waals surface area contributed by atoms with Gasteiger partial charge in [0.15, 0.2) is 0 Å². The Morgan fingerprint density at radius 2 is 0.744 bits per heavy atom. The van der Waals surface area contributed by atoms with E-state index in [2.05, 4.69) is 157 Å². The molecule has 0 saturated heterocycles. The molecule has 0 unspecified atom stereocenters. The fraction of sp³-hybridized carbons (Fsp3) is 0.135. The Hall–Kier alpha value is -4.09. The van der Waals surface area contributed by atoms with Gasteiger partial charge in [0, 0.05) is 12.8 Å². The Labute approximate surface area is 237 Å². The molecule has 4 aromatic rings. The van der Waals surface area contributed by atoms with Crippen LogP contribution in [0.4, 0.5) is 0 Å². The lowest BCUT2D eigenvalue weighted by molar-refractivity contribution is 0.904. The third kappa shape index (κ3) is 6.68. The summed E-state index contributed by atoms with van der Waals surface area (Å²) in [7, 11) is -4.53. The summed E-state index contributed by atoms with van der Waals surface area (Å²) in [6.45, 7) is 8.20. The van der Waals surface area contributed by atoms with E-state index in [0.29, 0.717) is 0 Å². The molecule has 0 N–H and O–H groups in total. The molecule has 4 rings (SSSR count). The second-order valence-corrected chi connectivity index (χ2v) is 17.0. The van der Waals surface area contributed by atoms with Crippen molar-refractivity contribution in [1.82, 2.24) is 0 Å². The van der Waals surface area contributed by atoms with Gasteiger partial charge in [0.1, 0.15) is 0 Å². The molecule has 0 aromatic heterocycles. The lowest BCUT2D eigenvalue weighted by Gasteiger charge is -2.26. The van der Waals surface area contributed by atoms with Gasteiger partial charge in [0.2, 0.25) is 16.1 Å². The molecule has 0 spiro atoms. The smallest absolute Gasteiger partial charge is 0.120 e. The van der Waals surface area contributed by atoms with Crippen molar-refractivity contribution in [1.29, 1.82) is 0 Å². The lowest BCUT2D eigenvalue weighted by atomic mass is 10.2. The molecule has 192 valence electrons. The summed E-state index contributed by atoms with van der Waals surface area (Å²) in [6, 6.07) is 45.0. The van der Waals surface area contributed by atoms with Gasteiger partial charge in [-0.2, -0.15) is 0 Å². The van der Waals surface area contributed by atoms with Crippen LogP contribution in [0, 0.1) is 22.9 Å². The summed E-state index contributed by atoms with van der Waals surface area (Å²) in [4.78, 5) is 0. The number of allylic oxidation sites excluding steroid dienone is 2. The molecule has 0 aliphatic carbocycles. The quantitative estimate of drug-likeness (QED) is 0.0988. The standard InChI is InChI=1S/C37H36Si2/c1-3-30-38(34-22-12-8-13-23-34,35-24-14-9-15-25-35)32-20-6-5-7-21-33-39(31-4-2,36-26-16-10-17-27-36)37-28-18-11-19-29-37/h3-4,8-19,22-29H,1-2,5-7,30-31H2. The van der Waals surface area contributed by atoms with Crippen molar-refractivity contribution in [2.75, 3.05) is 0 Å². The SMILES string of the molecule is C=CC[Si](C#CCCCC#C[Si](CC=C)(c1ccccc1)c1ccccc1)(c1ccccc1)c1ccccc1. The Morgan fingerprint density at radius 3 is 1.00 bits per heavy atom. The zero-order chi connectivity index (χ0) is 27.2. The maximum atomic E-state index is 4.10. The number of hydrogen-bond donors (Lipinski definition) is 0. The second kappa shape index (κ2) is 14.2. The molecule has 0 aliphatic heterocycles. The van der Waals surface area contributed by atoms with Crippen molar-refractivity contribution in [3.8, 4) is 22.9 Å².